The number of aliphatic carboxylic acids is 1. The van der Waals surface area contributed by atoms with Gasteiger partial charge in [0.15, 0.2) is 0 Å². The lowest BCUT2D eigenvalue weighted by atomic mass is 9.75. The summed E-state index contributed by atoms with van der Waals surface area (Å²) in [6.07, 6.45) is 5.99. The number of rotatable bonds is 9. The van der Waals surface area contributed by atoms with Crippen molar-refractivity contribution in [1.82, 2.24) is 14.5 Å². The van der Waals surface area contributed by atoms with E-state index in [1.165, 1.54) is 4.21 Å². The Kier molecular flexibility index (Phi) is 7.09. The van der Waals surface area contributed by atoms with Crippen LogP contribution in [0.1, 0.15) is 25.7 Å². The van der Waals surface area contributed by atoms with Crippen LogP contribution in [0.3, 0.4) is 0 Å². The van der Waals surface area contributed by atoms with Crippen LogP contribution >= 0.6 is 23.1 Å². The highest BCUT2D eigenvalue weighted by molar-refractivity contribution is 8.01. The fourth-order valence-electron chi connectivity index (χ4n) is 4.34. The predicted molar refractivity (Wildman–Crippen MR) is 126 cm³/mol. The van der Waals surface area contributed by atoms with E-state index in [2.05, 4.69) is 27.4 Å². The molecule has 1 aliphatic rings. The normalized spacial score (nSPS) is 16.5. The van der Waals surface area contributed by atoms with Crippen LogP contribution in [0, 0.1) is 5.41 Å². The number of piperidine rings is 1. The molecule has 0 spiro atoms. The van der Waals surface area contributed by atoms with E-state index in [9.17, 15) is 14.7 Å². The Morgan fingerprint density at radius 2 is 2.03 bits per heavy atom. The maximum absolute atomic E-state index is 12.4. The Morgan fingerprint density at radius 1 is 1.19 bits per heavy atom. The minimum absolute atomic E-state index is 0.0667. The summed E-state index contributed by atoms with van der Waals surface area (Å²) in [6.45, 7) is 3.12. The van der Waals surface area contributed by atoms with Gasteiger partial charge < -0.3 is 14.6 Å². The summed E-state index contributed by atoms with van der Waals surface area (Å²) in [5.41, 5.74) is 0.0458. The molecule has 0 radical (unpaired) electrons. The summed E-state index contributed by atoms with van der Waals surface area (Å²) in [7, 11) is 0. The second-order valence-electron chi connectivity index (χ2n) is 8.07. The van der Waals surface area contributed by atoms with Crippen molar-refractivity contribution in [2.75, 3.05) is 25.4 Å². The minimum Gasteiger partial charge on any atom is -0.481 e. The van der Waals surface area contributed by atoms with Crippen LogP contribution in [-0.2, 0) is 11.3 Å². The third kappa shape index (κ3) is 5.19. The zero-order chi connectivity index (χ0) is 21.7. The highest BCUT2D eigenvalue weighted by Gasteiger charge is 2.40. The topological polar surface area (TPSA) is 75.4 Å². The smallest absolute Gasteiger partial charge is 0.309 e. The Hall–Kier alpha value is -2.16. The number of fused-ring (bicyclic) bond motifs is 1. The summed E-state index contributed by atoms with van der Waals surface area (Å²) in [5, 5.41) is 13.1. The Balaban J connectivity index is 1.32. The van der Waals surface area contributed by atoms with Crippen LogP contribution in [0.15, 0.2) is 57.1 Å². The standard InChI is InChI=1S/C23H27N3O3S2/c27-20-5-4-18-6-10-24-17-19(18)26(20)11-2-7-23(22(28)29)8-12-25(13-9-23)14-16-31-21-3-1-15-30-21/h1,3-6,10,15,17H,2,7-9,11-14,16H2,(H,28,29). The van der Waals surface area contributed by atoms with Gasteiger partial charge in [-0.15, -0.1) is 23.1 Å². The van der Waals surface area contributed by atoms with Crippen molar-refractivity contribution in [2.45, 2.75) is 36.4 Å². The molecule has 0 bridgehead atoms. The molecule has 3 aromatic rings. The summed E-state index contributed by atoms with van der Waals surface area (Å²) in [6, 6.07) is 9.47. The average molecular weight is 458 g/mol. The summed E-state index contributed by atoms with van der Waals surface area (Å²) < 4.78 is 3.05. The quantitative estimate of drug-likeness (QED) is 0.486. The van der Waals surface area contributed by atoms with Crippen molar-refractivity contribution in [2.24, 2.45) is 5.41 Å². The van der Waals surface area contributed by atoms with Crippen molar-refractivity contribution in [1.29, 1.82) is 0 Å². The molecule has 164 valence electrons. The predicted octanol–water partition coefficient (Wildman–Crippen LogP) is 4.20. The molecular formula is C23H27N3O3S2. The molecule has 3 aromatic heterocycles. The summed E-state index contributed by atoms with van der Waals surface area (Å²) >= 11 is 3.62. The van der Waals surface area contributed by atoms with Crippen LogP contribution in [0.4, 0.5) is 0 Å². The Bertz CT molecular complexity index is 1070. The van der Waals surface area contributed by atoms with Gasteiger partial charge in [-0.05, 0) is 62.4 Å². The van der Waals surface area contributed by atoms with Gasteiger partial charge >= 0.3 is 5.97 Å². The number of carbonyl (C=O) groups is 1. The van der Waals surface area contributed by atoms with Crippen LogP contribution in [-0.4, -0.2) is 50.9 Å². The van der Waals surface area contributed by atoms with Crippen LogP contribution in [0.2, 0.25) is 0 Å². The SMILES string of the molecule is O=C(O)C1(CCCn2c(=O)ccc3ccncc32)CCN(CCSc2cccs2)CC1. The maximum Gasteiger partial charge on any atom is 0.309 e. The van der Waals surface area contributed by atoms with Gasteiger partial charge in [-0.3, -0.25) is 14.6 Å². The minimum atomic E-state index is -0.702. The third-order valence-electron chi connectivity index (χ3n) is 6.25. The molecule has 1 saturated heterocycles. The van der Waals surface area contributed by atoms with E-state index in [4.69, 9.17) is 0 Å². The second kappa shape index (κ2) is 9.97. The molecule has 0 aromatic carbocycles. The van der Waals surface area contributed by atoms with Crippen molar-refractivity contribution in [3.8, 4) is 0 Å². The highest BCUT2D eigenvalue weighted by Crippen LogP contribution is 2.37. The number of aromatic nitrogens is 2. The Labute approximate surface area is 189 Å². The lowest BCUT2D eigenvalue weighted by molar-refractivity contribution is -0.152. The maximum atomic E-state index is 12.4. The van der Waals surface area contributed by atoms with E-state index < -0.39 is 11.4 Å². The van der Waals surface area contributed by atoms with Gasteiger partial charge in [0.2, 0.25) is 0 Å². The van der Waals surface area contributed by atoms with Crippen LogP contribution in [0.25, 0.3) is 10.9 Å². The van der Waals surface area contributed by atoms with Crippen molar-refractivity contribution < 1.29 is 9.90 Å². The molecule has 1 N–H and O–H groups in total. The number of aryl methyl sites for hydroxylation is 1. The molecule has 4 rings (SSSR count). The lowest BCUT2D eigenvalue weighted by Crippen LogP contribution is -2.45. The number of nitrogens with zero attached hydrogens (tertiary/aromatic N) is 3. The van der Waals surface area contributed by atoms with Crippen LogP contribution < -0.4 is 5.56 Å². The van der Waals surface area contributed by atoms with Gasteiger partial charge in [0.05, 0.1) is 21.3 Å². The number of pyridine rings is 2. The number of hydrogen-bond donors (Lipinski definition) is 1. The number of carboxylic acid groups (broad SMARTS) is 1. The lowest BCUT2D eigenvalue weighted by Gasteiger charge is -2.39. The van der Waals surface area contributed by atoms with E-state index in [1.807, 2.05) is 17.8 Å². The molecule has 31 heavy (non-hydrogen) atoms. The molecule has 0 saturated carbocycles. The van der Waals surface area contributed by atoms with E-state index >= 15 is 0 Å². The van der Waals surface area contributed by atoms with E-state index in [0.717, 1.165) is 36.3 Å². The molecule has 1 fully saturated rings. The summed E-state index contributed by atoms with van der Waals surface area (Å²) in [5.74, 6) is 0.325. The first-order chi connectivity index (χ1) is 15.1. The first kappa shape index (κ1) is 22.0. The molecule has 0 atom stereocenters. The van der Waals surface area contributed by atoms with Gasteiger partial charge in [-0.1, -0.05) is 6.07 Å². The number of thiophene rings is 1. The van der Waals surface area contributed by atoms with Crippen molar-refractivity contribution in [3.05, 3.63) is 58.5 Å². The molecule has 4 heterocycles. The number of carboxylic acids is 1. The fraction of sp³-hybridized carbons (Fsp3) is 0.435. The zero-order valence-corrected chi connectivity index (χ0v) is 19.0. The zero-order valence-electron chi connectivity index (χ0n) is 17.4. The highest BCUT2D eigenvalue weighted by atomic mass is 32.2. The van der Waals surface area contributed by atoms with Crippen molar-refractivity contribution >= 4 is 40.0 Å². The van der Waals surface area contributed by atoms with Gasteiger partial charge in [0.25, 0.3) is 5.56 Å². The third-order valence-corrected chi connectivity index (χ3v) is 8.36. The largest absolute Gasteiger partial charge is 0.481 e. The van der Waals surface area contributed by atoms with E-state index in [0.29, 0.717) is 32.2 Å². The van der Waals surface area contributed by atoms with Gasteiger partial charge in [-0.2, -0.15) is 0 Å². The van der Waals surface area contributed by atoms with Gasteiger partial charge in [0.1, 0.15) is 0 Å². The van der Waals surface area contributed by atoms with E-state index in [-0.39, 0.29) is 5.56 Å². The molecule has 8 heteroatoms. The molecule has 6 nitrogen and oxygen atoms in total. The molecular weight excluding hydrogens is 430 g/mol. The van der Waals surface area contributed by atoms with Gasteiger partial charge in [0, 0.05) is 36.5 Å². The molecule has 0 aliphatic carbocycles. The second-order valence-corrected chi connectivity index (χ2v) is 10.4. The summed E-state index contributed by atoms with van der Waals surface area (Å²) in [4.78, 5) is 31.1. The Morgan fingerprint density at radius 3 is 2.77 bits per heavy atom. The van der Waals surface area contributed by atoms with Crippen LogP contribution in [0.5, 0.6) is 0 Å². The molecule has 0 unspecified atom stereocenters. The van der Waals surface area contributed by atoms with E-state index in [1.54, 1.807) is 40.4 Å². The monoisotopic (exact) mass is 457 g/mol. The van der Waals surface area contributed by atoms with Crippen molar-refractivity contribution in [3.63, 3.8) is 0 Å². The number of hydrogen-bond acceptors (Lipinski definition) is 6. The first-order valence-corrected chi connectivity index (χ1v) is 12.5. The average Bonchev–Trinajstić information content (AvgIpc) is 3.30. The van der Waals surface area contributed by atoms with Gasteiger partial charge in [-0.25, -0.2) is 0 Å². The molecule has 1 aliphatic heterocycles. The molecule has 0 amide bonds. The first-order valence-electron chi connectivity index (χ1n) is 10.6. The number of likely N-dealkylation sites (tertiary alicyclic amines) is 1. The fourth-order valence-corrected chi connectivity index (χ4v) is 6.20. The number of thioether (sulfide) groups is 1.